The summed E-state index contributed by atoms with van der Waals surface area (Å²) in [6, 6.07) is 9.48. The molecule has 0 atom stereocenters. The first-order valence-electron chi connectivity index (χ1n) is 8.95. The summed E-state index contributed by atoms with van der Waals surface area (Å²) in [6.07, 6.45) is 3.11. The Labute approximate surface area is 166 Å². The Kier molecular flexibility index (Phi) is 7.75. The molecule has 6 nitrogen and oxygen atoms in total. The highest BCUT2D eigenvalue weighted by atomic mass is 16.5. The fraction of sp³-hybridized carbons (Fsp3) is 0.318. The van der Waals surface area contributed by atoms with Gasteiger partial charge in [-0.25, -0.2) is 0 Å². The number of carbonyl (C=O) groups excluding carboxylic acids is 1. The van der Waals surface area contributed by atoms with E-state index in [2.05, 4.69) is 5.32 Å². The minimum Gasteiger partial charge on any atom is -0.493 e. The highest BCUT2D eigenvalue weighted by Crippen LogP contribution is 2.40. The number of ether oxygens (including phenoxy) is 4. The van der Waals surface area contributed by atoms with E-state index in [0.29, 0.717) is 36.0 Å². The van der Waals surface area contributed by atoms with E-state index >= 15 is 0 Å². The molecule has 2 aromatic carbocycles. The lowest BCUT2D eigenvalue weighted by Crippen LogP contribution is -2.26. The third kappa shape index (κ3) is 5.19. The van der Waals surface area contributed by atoms with E-state index in [1.165, 1.54) is 18.7 Å². The van der Waals surface area contributed by atoms with Crippen LogP contribution in [-0.2, 0) is 4.79 Å². The summed E-state index contributed by atoms with van der Waals surface area (Å²) < 4.78 is 21.7. The molecule has 0 saturated carbocycles. The molecule has 0 radical (unpaired) electrons. The minimum atomic E-state index is -0.221. The van der Waals surface area contributed by atoms with Crippen LogP contribution in [0.1, 0.15) is 16.7 Å². The lowest BCUT2D eigenvalue weighted by Gasteiger charge is -2.14. The lowest BCUT2D eigenvalue weighted by molar-refractivity contribution is -0.116. The SMILES string of the molecule is COc1ccc(/C=C/C(=O)NCCOc2cccc(C)c2C)c(OC)c1OC. The van der Waals surface area contributed by atoms with Crippen LogP contribution >= 0.6 is 0 Å². The first-order valence-corrected chi connectivity index (χ1v) is 8.95. The zero-order valence-electron chi connectivity index (χ0n) is 17.0. The number of rotatable bonds is 9. The number of methoxy groups -OCH3 is 3. The predicted molar refractivity (Wildman–Crippen MR) is 110 cm³/mol. The van der Waals surface area contributed by atoms with Gasteiger partial charge in [-0.05, 0) is 49.2 Å². The number of hydrogen-bond acceptors (Lipinski definition) is 5. The normalized spacial score (nSPS) is 10.6. The van der Waals surface area contributed by atoms with Crippen LogP contribution in [0.15, 0.2) is 36.4 Å². The highest BCUT2D eigenvalue weighted by molar-refractivity contribution is 5.92. The van der Waals surface area contributed by atoms with Gasteiger partial charge in [0, 0.05) is 11.6 Å². The maximum Gasteiger partial charge on any atom is 0.244 e. The van der Waals surface area contributed by atoms with Crippen LogP contribution < -0.4 is 24.3 Å². The van der Waals surface area contributed by atoms with Gasteiger partial charge in [0.25, 0.3) is 0 Å². The highest BCUT2D eigenvalue weighted by Gasteiger charge is 2.14. The van der Waals surface area contributed by atoms with Gasteiger partial charge in [0.2, 0.25) is 11.7 Å². The van der Waals surface area contributed by atoms with Gasteiger partial charge >= 0.3 is 0 Å². The maximum atomic E-state index is 12.1. The number of amides is 1. The van der Waals surface area contributed by atoms with Crippen molar-refractivity contribution in [2.24, 2.45) is 0 Å². The standard InChI is InChI=1S/C22H27NO5/c1-15-7-6-8-18(16(15)2)28-14-13-23-20(24)12-10-17-9-11-19(25-3)22(27-5)21(17)26-4/h6-12H,13-14H2,1-5H3,(H,23,24)/b12-10+. The Morgan fingerprint density at radius 1 is 0.964 bits per heavy atom. The molecular formula is C22H27NO5. The van der Waals surface area contributed by atoms with Gasteiger partial charge < -0.3 is 24.3 Å². The molecule has 0 aliphatic rings. The average molecular weight is 385 g/mol. The lowest BCUT2D eigenvalue weighted by atomic mass is 10.1. The van der Waals surface area contributed by atoms with Crippen LogP contribution in [0.2, 0.25) is 0 Å². The zero-order valence-corrected chi connectivity index (χ0v) is 17.0. The van der Waals surface area contributed by atoms with E-state index in [0.717, 1.165) is 11.3 Å². The van der Waals surface area contributed by atoms with Gasteiger partial charge in [-0.2, -0.15) is 0 Å². The van der Waals surface area contributed by atoms with Crippen molar-refractivity contribution in [2.75, 3.05) is 34.5 Å². The fourth-order valence-electron chi connectivity index (χ4n) is 2.70. The number of benzene rings is 2. The Balaban J connectivity index is 1.92. The second kappa shape index (κ2) is 10.3. The molecule has 0 heterocycles. The van der Waals surface area contributed by atoms with Crippen molar-refractivity contribution in [2.45, 2.75) is 13.8 Å². The van der Waals surface area contributed by atoms with E-state index in [1.54, 1.807) is 32.4 Å². The average Bonchev–Trinajstić information content (AvgIpc) is 2.71. The summed E-state index contributed by atoms with van der Waals surface area (Å²) in [4.78, 5) is 12.1. The molecule has 1 N–H and O–H groups in total. The third-order valence-electron chi connectivity index (χ3n) is 4.36. The van der Waals surface area contributed by atoms with Crippen molar-refractivity contribution in [1.29, 1.82) is 0 Å². The molecule has 2 aromatic rings. The Morgan fingerprint density at radius 3 is 2.39 bits per heavy atom. The van der Waals surface area contributed by atoms with Gasteiger partial charge in [0.05, 0.1) is 27.9 Å². The molecule has 1 amide bonds. The van der Waals surface area contributed by atoms with E-state index in [4.69, 9.17) is 18.9 Å². The van der Waals surface area contributed by atoms with Crippen LogP contribution in [-0.4, -0.2) is 40.4 Å². The fourth-order valence-corrected chi connectivity index (χ4v) is 2.70. The molecule has 0 aliphatic heterocycles. The first-order chi connectivity index (χ1) is 13.5. The Hall–Kier alpha value is -3.15. The largest absolute Gasteiger partial charge is 0.493 e. The molecular weight excluding hydrogens is 358 g/mol. The van der Waals surface area contributed by atoms with Gasteiger partial charge in [0.1, 0.15) is 12.4 Å². The van der Waals surface area contributed by atoms with Crippen molar-refractivity contribution in [3.63, 3.8) is 0 Å². The predicted octanol–water partition coefficient (Wildman–Crippen LogP) is 3.54. The molecule has 0 aromatic heterocycles. The molecule has 0 aliphatic carbocycles. The van der Waals surface area contributed by atoms with Gasteiger partial charge in [-0.1, -0.05) is 12.1 Å². The topological polar surface area (TPSA) is 66.0 Å². The van der Waals surface area contributed by atoms with E-state index < -0.39 is 0 Å². The zero-order chi connectivity index (χ0) is 20.5. The molecule has 2 rings (SSSR count). The summed E-state index contributed by atoms with van der Waals surface area (Å²) in [7, 11) is 4.64. The number of nitrogens with one attached hydrogen (secondary N) is 1. The van der Waals surface area contributed by atoms with Crippen molar-refractivity contribution >= 4 is 12.0 Å². The first kappa shape index (κ1) is 21.2. The van der Waals surface area contributed by atoms with Crippen LogP contribution in [0.25, 0.3) is 6.08 Å². The second-order valence-electron chi connectivity index (χ2n) is 6.09. The molecule has 0 spiro atoms. The van der Waals surface area contributed by atoms with Crippen LogP contribution in [0.4, 0.5) is 0 Å². The van der Waals surface area contributed by atoms with Gasteiger partial charge in [-0.15, -0.1) is 0 Å². The van der Waals surface area contributed by atoms with Crippen LogP contribution in [0, 0.1) is 13.8 Å². The van der Waals surface area contributed by atoms with Crippen molar-refractivity contribution in [1.82, 2.24) is 5.32 Å². The van der Waals surface area contributed by atoms with E-state index in [-0.39, 0.29) is 5.91 Å². The quantitative estimate of drug-likeness (QED) is 0.528. The maximum absolute atomic E-state index is 12.1. The number of hydrogen-bond donors (Lipinski definition) is 1. The van der Waals surface area contributed by atoms with Crippen molar-refractivity contribution < 1.29 is 23.7 Å². The smallest absolute Gasteiger partial charge is 0.244 e. The van der Waals surface area contributed by atoms with E-state index in [1.807, 2.05) is 32.0 Å². The van der Waals surface area contributed by atoms with Crippen LogP contribution in [0.5, 0.6) is 23.0 Å². The molecule has 0 fully saturated rings. The molecule has 0 saturated heterocycles. The Bertz CT molecular complexity index is 845. The van der Waals surface area contributed by atoms with Crippen molar-refractivity contribution in [3.8, 4) is 23.0 Å². The Morgan fingerprint density at radius 2 is 1.71 bits per heavy atom. The molecule has 28 heavy (non-hydrogen) atoms. The molecule has 6 heteroatoms. The van der Waals surface area contributed by atoms with E-state index in [9.17, 15) is 4.79 Å². The summed E-state index contributed by atoms with van der Waals surface area (Å²) in [6.45, 7) is 4.85. The monoisotopic (exact) mass is 385 g/mol. The summed E-state index contributed by atoms with van der Waals surface area (Å²) in [5.41, 5.74) is 2.99. The second-order valence-corrected chi connectivity index (χ2v) is 6.09. The minimum absolute atomic E-state index is 0.221. The van der Waals surface area contributed by atoms with Crippen LogP contribution in [0.3, 0.4) is 0 Å². The number of aryl methyl sites for hydroxylation is 1. The summed E-state index contributed by atoms with van der Waals surface area (Å²) in [5.74, 6) is 2.16. The summed E-state index contributed by atoms with van der Waals surface area (Å²) in [5, 5.41) is 2.80. The summed E-state index contributed by atoms with van der Waals surface area (Å²) >= 11 is 0. The number of carbonyl (C=O) groups is 1. The molecule has 150 valence electrons. The molecule has 0 unspecified atom stereocenters. The van der Waals surface area contributed by atoms with Gasteiger partial charge in [0.15, 0.2) is 11.5 Å². The molecule has 0 bridgehead atoms. The third-order valence-corrected chi connectivity index (χ3v) is 4.36. The van der Waals surface area contributed by atoms with Crippen molar-refractivity contribution in [3.05, 3.63) is 53.1 Å². The van der Waals surface area contributed by atoms with Gasteiger partial charge in [-0.3, -0.25) is 4.79 Å².